The Labute approximate surface area is 202 Å². The molecular weight excluding hydrogens is 438 g/mol. The van der Waals surface area contributed by atoms with Crippen molar-refractivity contribution in [2.75, 3.05) is 13.7 Å². The smallest absolute Gasteiger partial charge is 0.410 e. The van der Waals surface area contributed by atoms with Gasteiger partial charge < -0.3 is 20.1 Å². The van der Waals surface area contributed by atoms with E-state index in [0.717, 1.165) is 32.1 Å². The predicted molar refractivity (Wildman–Crippen MR) is 126 cm³/mol. The summed E-state index contributed by atoms with van der Waals surface area (Å²) in [5.41, 5.74) is -1.15. The Kier molecular flexibility index (Phi) is 7.53. The minimum atomic E-state index is -0.967. The number of carbonyl (C=O) groups excluding carboxylic acids is 4. The molecule has 2 heterocycles. The molecule has 9 nitrogen and oxygen atoms in total. The zero-order valence-electron chi connectivity index (χ0n) is 21.5. The molecular formula is C25H41N3O6. The number of amides is 3. The summed E-state index contributed by atoms with van der Waals surface area (Å²) in [5, 5.41) is 5.73. The summed E-state index contributed by atoms with van der Waals surface area (Å²) in [7, 11) is 1.26. The summed E-state index contributed by atoms with van der Waals surface area (Å²) in [6, 6.07) is -1.69. The normalized spacial score (nSPS) is 26.6. The van der Waals surface area contributed by atoms with Crippen LogP contribution in [0.5, 0.6) is 0 Å². The van der Waals surface area contributed by atoms with Gasteiger partial charge in [0, 0.05) is 18.0 Å². The van der Waals surface area contributed by atoms with Crippen LogP contribution in [0.3, 0.4) is 0 Å². The number of ether oxygens (including phenoxy) is 2. The van der Waals surface area contributed by atoms with Gasteiger partial charge in [-0.3, -0.25) is 14.5 Å². The van der Waals surface area contributed by atoms with Gasteiger partial charge in [-0.2, -0.15) is 0 Å². The predicted octanol–water partition coefficient (Wildman–Crippen LogP) is 2.91. The van der Waals surface area contributed by atoms with Gasteiger partial charge in [-0.25, -0.2) is 9.59 Å². The molecule has 1 unspecified atom stereocenters. The lowest BCUT2D eigenvalue weighted by Gasteiger charge is -2.33. The SMILES string of the molecule is COC(=O)[C@H](C[C@@H]1CC(C)(C)NC1=O)NC(=O)C1CC2(CCCCC2)CN1C(=O)OC(C)(C)C. The lowest BCUT2D eigenvalue weighted by Crippen LogP contribution is -2.52. The topological polar surface area (TPSA) is 114 Å². The molecule has 192 valence electrons. The van der Waals surface area contributed by atoms with E-state index in [-0.39, 0.29) is 23.3 Å². The van der Waals surface area contributed by atoms with Crippen molar-refractivity contribution in [2.45, 2.75) is 109 Å². The number of carbonyl (C=O) groups is 4. The Bertz CT molecular complexity index is 812. The van der Waals surface area contributed by atoms with E-state index >= 15 is 0 Å². The van der Waals surface area contributed by atoms with Gasteiger partial charge in [-0.05, 0) is 72.1 Å². The van der Waals surface area contributed by atoms with Gasteiger partial charge in [0.1, 0.15) is 17.7 Å². The number of likely N-dealkylation sites (tertiary alicyclic amines) is 1. The van der Waals surface area contributed by atoms with Gasteiger partial charge >= 0.3 is 12.1 Å². The molecule has 2 saturated heterocycles. The van der Waals surface area contributed by atoms with Gasteiger partial charge in [0.05, 0.1) is 7.11 Å². The van der Waals surface area contributed by atoms with E-state index in [1.54, 1.807) is 20.8 Å². The molecule has 3 amide bonds. The van der Waals surface area contributed by atoms with E-state index in [9.17, 15) is 19.2 Å². The zero-order chi connectivity index (χ0) is 25.3. The van der Waals surface area contributed by atoms with Crippen molar-refractivity contribution >= 4 is 23.9 Å². The molecule has 3 atom stereocenters. The van der Waals surface area contributed by atoms with Crippen LogP contribution in [0, 0.1) is 11.3 Å². The van der Waals surface area contributed by atoms with Crippen molar-refractivity contribution in [3.63, 3.8) is 0 Å². The largest absolute Gasteiger partial charge is 0.467 e. The molecule has 0 aromatic rings. The molecule has 2 N–H and O–H groups in total. The van der Waals surface area contributed by atoms with Crippen LogP contribution in [0.15, 0.2) is 0 Å². The monoisotopic (exact) mass is 479 g/mol. The average molecular weight is 480 g/mol. The van der Waals surface area contributed by atoms with Crippen LogP contribution in [-0.2, 0) is 23.9 Å². The van der Waals surface area contributed by atoms with Crippen LogP contribution in [0.1, 0.15) is 86.0 Å². The molecule has 3 rings (SSSR count). The fourth-order valence-corrected chi connectivity index (χ4v) is 5.76. The summed E-state index contributed by atoms with van der Waals surface area (Å²) < 4.78 is 10.5. The first-order chi connectivity index (χ1) is 15.7. The standard InChI is InChI=1S/C25H41N3O6/c1-23(2,3)34-22(32)28-15-25(10-8-7-9-11-25)14-18(28)20(30)26-17(21(31)33-6)12-16-13-24(4,5)27-19(16)29/h16-18H,7-15H2,1-6H3,(H,26,30)(H,27,29)/t16-,17+,18?/m1/s1. The first-order valence-electron chi connectivity index (χ1n) is 12.4. The Balaban J connectivity index is 1.77. The Hall–Kier alpha value is -2.32. The van der Waals surface area contributed by atoms with Crippen molar-refractivity contribution < 1.29 is 28.7 Å². The lowest BCUT2D eigenvalue weighted by molar-refractivity contribution is -0.146. The van der Waals surface area contributed by atoms with Crippen LogP contribution in [0.25, 0.3) is 0 Å². The first-order valence-corrected chi connectivity index (χ1v) is 12.4. The van der Waals surface area contributed by atoms with Crippen LogP contribution in [0.2, 0.25) is 0 Å². The van der Waals surface area contributed by atoms with E-state index in [0.29, 0.717) is 19.4 Å². The number of hydrogen-bond donors (Lipinski definition) is 2. The highest BCUT2D eigenvalue weighted by molar-refractivity contribution is 5.91. The number of nitrogens with one attached hydrogen (secondary N) is 2. The number of hydrogen-bond acceptors (Lipinski definition) is 6. The number of rotatable bonds is 5. The molecule has 3 fully saturated rings. The van der Waals surface area contributed by atoms with Crippen LogP contribution in [0.4, 0.5) is 4.79 Å². The summed E-state index contributed by atoms with van der Waals surface area (Å²) >= 11 is 0. The van der Waals surface area contributed by atoms with Crippen LogP contribution in [-0.4, -0.2) is 65.7 Å². The summed E-state index contributed by atoms with van der Waals surface area (Å²) in [6.07, 6.45) is 5.99. The molecule has 34 heavy (non-hydrogen) atoms. The van der Waals surface area contributed by atoms with E-state index in [4.69, 9.17) is 9.47 Å². The Morgan fingerprint density at radius 2 is 1.79 bits per heavy atom. The second-order valence-electron chi connectivity index (χ2n) is 12.0. The minimum Gasteiger partial charge on any atom is -0.467 e. The molecule has 0 bridgehead atoms. The first kappa shape index (κ1) is 26.3. The molecule has 0 aromatic heterocycles. The molecule has 3 aliphatic rings. The fourth-order valence-electron chi connectivity index (χ4n) is 5.76. The van der Waals surface area contributed by atoms with Crippen molar-refractivity contribution in [1.29, 1.82) is 0 Å². The molecule has 9 heteroatoms. The highest BCUT2D eigenvalue weighted by atomic mass is 16.6. The average Bonchev–Trinajstić information content (AvgIpc) is 3.22. The maximum Gasteiger partial charge on any atom is 0.410 e. The van der Waals surface area contributed by atoms with E-state index in [2.05, 4.69) is 10.6 Å². The molecule has 0 radical (unpaired) electrons. The second-order valence-corrected chi connectivity index (χ2v) is 12.0. The van der Waals surface area contributed by atoms with Gasteiger partial charge in [0.25, 0.3) is 0 Å². The van der Waals surface area contributed by atoms with Gasteiger partial charge in [0.15, 0.2) is 0 Å². The second kappa shape index (κ2) is 9.74. The third-order valence-electron chi connectivity index (χ3n) is 7.26. The number of esters is 1. The van der Waals surface area contributed by atoms with Gasteiger partial charge in [-0.15, -0.1) is 0 Å². The quantitative estimate of drug-likeness (QED) is 0.586. The van der Waals surface area contributed by atoms with Gasteiger partial charge in [0.2, 0.25) is 11.8 Å². The summed E-state index contributed by atoms with van der Waals surface area (Å²) in [6.45, 7) is 9.73. The molecule has 1 spiro atoms. The van der Waals surface area contributed by atoms with Crippen LogP contribution >= 0.6 is 0 Å². The molecule has 2 aliphatic heterocycles. The van der Waals surface area contributed by atoms with Crippen molar-refractivity contribution in [3.8, 4) is 0 Å². The van der Waals surface area contributed by atoms with Crippen molar-refractivity contribution in [1.82, 2.24) is 15.5 Å². The molecule has 0 aromatic carbocycles. The minimum absolute atomic E-state index is 0.104. The summed E-state index contributed by atoms with van der Waals surface area (Å²) in [5.74, 6) is -1.54. The lowest BCUT2D eigenvalue weighted by atomic mass is 9.72. The molecule has 1 aliphatic carbocycles. The summed E-state index contributed by atoms with van der Waals surface area (Å²) in [4.78, 5) is 53.0. The van der Waals surface area contributed by atoms with Crippen LogP contribution < -0.4 is 10.6 Å². The Morgan fingerprint density at radius 3 is 2.32 bits per heavy atom. The van der Waals surface area contributed by atoms with E-state index < -0.39 is 41.6 Å². The zero-order valence-corrected chi connectivity index (χ0v) is 21.5. The van der Waals surface area contributed by atoms with E-state index in [1.807, 2.05) is 13.8 Å². The van der Waals surface area contributed by atoms with E-state index in [1.165, 1.54) is 12.0 Å². The Morgan fingerprint density at radius 1 is 1.15 bits per heavy atom. The maximum absolute atomic E-state index is 13.5. The third-order valence-corrected chi connectivity index (χ3v) is 7.26. The highest BCUT2D eigenvalue weighted by Gasteiger charge is 2.50. The third kappa shape index (κ3) is 6.21. The fraction of sp³-hybridized carbons (Fsp3) is 0.840. The highest BCUT2D eigenvalue weighted by Crippen LogP contribution is 2.46. The number of nitrogens with zero attached hydrogens (tertiary/aromatic N) is 1. The van der Waals surface area contributed by atoms with Gasteiger partial charge in [-0.1, -0.05) is 19.3 Å². The number of methoxy groups -OCH3 is 1. The van der Waals surface area contributed by atoms with Crippen molar-refractivity contribution in [2.24, 2.45) is 11.3 Å². The molecule has 1 saturated carbocycles. The van der Waals surface area contributed by atoms with Crippen molar-refractivity contribution in [3.05, 3.63) is 0 Å². The maximum atomic E-state index is 13.5.